The van der Waals surface area contributed by atoms with Crippen molar-refractivity contribution >= 4 is 26.8 Å². The molecule has 5 rings (SSSR count). The second-order valence-corrected chi connectivity index (χ2v) is 12.2. The number of rotatable bonds is 4. The summed E-state index contributed by atoms with van der Waals surface area (Å²) in [5, 5.41) is 4.32. The van der Waals surface area contributed by atoms with E-state index in [2.05, 4.69) is 10.3 Å². The van der Waals surface area contributed by atoms with E-state index in [1.165, 1.54) is 49.8 Å². The highest BCUT2D eigenvalue weighted by molar-refractivity contribution is 7.89. The first kappa shape index (κ1) is 22.9. The van der Waals surface area contributed by atoms with Crippen LogP contribution < -0.4 is 5.32 Å². The van der Waals surface area contributed by atoms with E-state index in [4.69, 9.17) is 0 Å². The Hall–Kier alpha value is -1.86. The van der Waals surface area contributed by atoms with Crippen LogP contribution in [0.25, 0.3) is 10.9 Å². The third-order valence-electron chi connectivity index (χ3n) is 7.98. The number of hydrogen-bond donors (Lipinski definition) is 2. The first-order valence-corrected chi connectivity index (χ1v) is 14.4. The van der Waals surface area contributed by atoms with Crippen LogP contribution in [-0.2, 0) is 27.7 Å². The van der Waals surface area contributed by atoms with E-state index in [-0.39, 0.29) is 11.8 Å². The lowest BCUT2D eigenvalue weighted by Gasteiger charge is -2.31. The van der Waals surface area contributed by atoms with E-state index in [1.807, 2.05) is 12.1 Å². The average Bonchev–Trinajstić information content (AvgIpc) is 3.02. The monoisotopic (exact) mass is 471 g/mol. The van der Waals surface area contributed by atoms with Gasteiger partial charge in [-0.1, -0.05) is 32.1 Å². The van der Waals surface area contributed by atoms with Crippen molar-refractivity contribution < 1.29 is 13.2 Å². The molecule has 180 valence electrons. The lowest BCUT2D eigenvalue weighted by Crippen LogP contribution is -2.45. The normalized spacial score (nSPS) is 21.9. The number of amides is 1. The third-order valence-corrected chi connectivity index (χ3v) is 9.88. The smallest absolute Gasteiger partial charge is 0.243 e. The summed E-state index contributed by atoms with van der Waals surface area (Å²) in [4.78, 5) is 16.7. The molecule has 3 aliphatic rings. The molecule has 6 nitrogen and oxygen atoms in total. The molecule has 1 aliphatic heterocycles. The van der Waals surface area contributed by atoms with Crippen molar-refractivity contribution in [1.82, 2.24) is 14.6 Å². The minimum atomic E-state index is -3.56. The van der Waals surface area contributed by atoms with Gasteiger partial charge in [0.15, 0.2) is 0 Å². The highest BCUT2D eigenvalue weighted by atomic mass is 32.2. The van der Waals surface area contributed by atoms with Crippen LogP contribution in [0.2, 0.25) is 0 Å². The summed E-state index contributed by atoms with van der Waals surface area (Å²) in [6, 6.07) is 5.82. The topological polar surface area (TPSA) is 82.3 Å². The lowest BCUT2D eigenvalue weighted by atomic mass is 9.96. The number of nitrogens with one attached hydrogen (secondary N) is 2. The summed E-state index contributed by atoms with van der Waals surface area (Å²) >= 11 is 0. The van der Waals surface area contributed by atoms with E-state index >= 15 is 0 Å². The van der Waals surface area contributed by atoms with Crippen molar-refractivity contribution in [1.29, 1.82) is 0 Å². The molecule has 2 aromatic rings. The lowest BCUT2D eigenvalue weighted by molar-refractivity contribution is -0.126. The highest BCUT2D eigenvalue weighted by Gasteiger charge is 2.33. The number of aromatic nitrogens is 1. The van der Waals surface area contributed by atoms with Gasteiger partial charge in [0.25, 0.3) is 0 Å². The number of hydrogen-bond acceptors (Lipinski definition) is 3. The summed E-state index contributed by atoms with van der Waals surface area (Å²) in [5.74, 6) is 0.0398. The molecule has 1 saturated heterocycles. The molecule has 1 aromatic carbocycles. The Labute approximate surface area is 197 Å². The van der Waals surface area contributed by atoms with Gasteiger partial charge in [-0.25, -0.2) is 8.42 Å². The molecule has 7 heteroatoms. The van der Waals surface area contributed by atoms with E-state index in [1.54, 1.807) is 10.4 Å². The Bertz CT molecular complexity index is 1090. The molecule has 2 aliphatic carbocycles. The molecule has 2 N–H and O–H groups in total. The van der Waals surface area contributed by atoms with Crippen molar-refractivity contribution in [2.75, 3.05) is 13.1 Å². The van der Waals surface area contributed by atoms with Gasteiger partial charge < -0.3 is 10.3 Å². The van der Waals surface area contributed by atoms with Gasteiger partial charge in [0.2, 0.25) is 15.9 Å². The Kier molecular flexibility index (Phi) is 6.79. The second-order valence-electron chi connectivity index (χ2n) is 10.2. The number of aromatic amines is 1. The quantitative estimate of drug-likeness (QED) is 0.502. The molecule has 0 unspecified atom stereocenters. The molecule has 0 atom stereocenters. The fourth-order valence-electron chi connectivity index (χ4n) is 5.97. The van der Waals surface area contributed by atoms with E-state index in [9.17, 15) is 13.2 Å². The fraction of sp³-hybridized carbons (Fsp3) is 0.654. The zero-order valence-corrected chi connectivity index (χ0v) is 20.4. The number of aryl methyl sites for hydroxylation is 2. The fourth-order valence-corrected chi connectivity index (χ4v) is 7.47. The third kappa shape index (κ3) is 4.85. The molecule has 1 saturated carbocycles. The first-order valence-electron chi connectivity index (χ1n) is 13.0. The van der Waals surface area contributed by atoms with Gasteiger partial charge in [-0.15, -0.1) is 0 Å². The SMILES string of the molecule is O=C(NC1CCCCCC1)C1CCN(S(=O)(=O)c2ccc3[nH]c4c(c3c2)CCCCC4)CC1. The van der Waals surface area contributed by atoms with Crippen molar-refractivity contribution in [3.63, 3.8) is 0 Å². The summed E-state index contributed by atoms with van der Waals surface area (Å²) in [7, 11) is -3.56. The van der Waals surface area contributed by atoms with E-state index < -0.39 is 10.0 Å². The summed E-state index contributed by atoms with van der Waals surface area (Å²) in [6.45, 7) is 0.822. The van der Waals surface area contributed by atoms with Crippen molar-refractivity contribution in [2.45, 2.75) is 94.4 Å². The van der Waals surface area contributed by atoms with Crippen LogP contribution in [0.1, 0.15) is 81.9 Å². The molecule has 0 radical (unpaired) electrons. The number of carbonyl (C=O) groups excluding carboxylic acids is 1. The number of fused-ring (bicyclic) bond motifs is 3. The van der Waals surface area contributed by atoms with Crippen molar-refractivity contribution in [3.8, 4) is 0 Å². The Morgan fingerprint density at radius 3 is 2.36 bits per heavy atom. The maximum atomic E-state index is 13.4. The molecule has 2 fully saturated rings. The van der Waals surface area contributed by atoms with Crippen LogP contribution in [0.5, 0.6) is 0 Å². The van der Waals surface area contributed by atoms with Crippen LogP contribution in [-0.4, -0.2) is 42.7 Å². The van der Waals surface area contributed by atoms with E-state index in [0.29, 0.717) is 36.9 Å². The van der Waals surface area contributed by atoms with Crippen molar-refractivity contribution in [3.05, 3.63) is 29.5 Å². The van der Waals surface area contributed by atoms with Crippen molar-refractivity contribution in [2.24, 2.45) is 5.92 Å². The molecule has 0 spiro atoms. The molecule has 33 heavy (non-hydrogen) atoms. The summed E-state index contributed by atoms with van der Waals surface area (Å²) < 4.78 is 28.4. The van der Waals surface area contributed by atoms with Crippen LogP contribution in [0.3, 0.4) is 0 Å². The van der Waals surface area contributed by atoms with Crippen LogP contribution in [0.15, 0.2) is 23.1 Å². The maximum absolute atomic E-state index is 13.4. The van der Waals surface area contributed by atoms with Gasteiger partial charge in [0, 0.05) is 41.6 Å². The maximum Gasteiger partial charge on any atom is 0.243 e. The minimum Gasteiger partial charge on any atom is -0.358 e. The van der Waals surface area contributed by atoms with Gasteiger partial charge in [-0.3, -0.25) is 4.79 Å². The second kappa shape index (κ2) is 9.79. The largest absolute Gasteiger partial charge is 0.358 e. The number of nitrogens with zero attached hydrogens (tertiary/aromatic N) is 1. The van der Waals surface area contributed by atoms with E-state index in [0.717, 1.165) is 43.0 Å². The van der Waals surface area contributed by atoms with Gasteiger partial charge in [-0.2, -0.15) is 4.31 Å². The van der Waals surface area contributed by atoms with Crippen LogP contribution in [0, 0.1) is 5.92 Å². The number of benzene rings is 1. The zero-order valence-electron chi connectivity index (χ0n) is 19.6. The molecular formula is C26H37N3O3S. The Balaban J connectivity index is 1.26. The van der Waals surface area contributed by atoms with Gasteiger partial charge in [-0.05, 0) is 75.1 Å². The number of piperidine rings is 1. The standard InChI is InChI=1S/C26H37N3O3S/c30-26(27-20-8-4-1-2-5-9-20)19-14-16-29(17-15-19)33(31,32)21-12-13-25-23(18-21)22-10-6-3-7-11-24(22)28-25/h12-13,18-20,28H,1-11,14-17H2,(H,27,30). The zero-order chi connectivity index (χ0) is 22.8. The first-order chi connectivity index (χ1) is 16.0. The number of sulfonamides is 1. The minimum absolute atomic E-state index is 0.0809. The number of H-pyrrole nitrogens is 1. The predicted molar refractivity (Wildman–Crippen MR) is 131 cm³/mol. The molecule has 1 aromatic heterocycles. The van der Waals surface area contributed by atoms with Crippen LogP contribution >= 0.6 is 0 Å². The number of carbonyl (C=O) groups is 1. The Morgan fingerprint density at radius 1 is 0.909 bits per heavy atom. The molecule has 0 bridgehead atoms. The average molecular weight is 472 g/mol. The summed E-state index contributed by atoms with van der Waals surface area (Å²) in [5.41, 5.74) is 3.61. The molecule has 1 amide bonds. The summed E-state index contributed by atoms with van der Waals surface area (Å²) in [6.07, 6.45) is 13.9. The Morgan fingerprint density at radius 2 is 1.61 bits per heavy atom. The predicted octanol–water partition coefficient (Wildman–Crippen LogP) is 4.68. The van der Waals surface area contributed by atoms with Crippen LogP contribution in [0.4, 0.5) is 0 Å². The highest BCUT2D eigenvalue weighted by Crippen LogP contribution is 2.32. The van der Waals surface area contributed by atoms with Gasteiger partial charge >= 0.3 is 0 Å². The molecule has 2 heterocycles. The van der Waals surface area contributed by atoms with Gasteiger partial charge in [0.1, 0.15) is 0 Å². The molecular weight excluding hydrogens is 434 g/mol. The van der Waals surface area contributed by atoms with Gasteiger partial charge in [0.05, 0.1) is 4.90 Å².